The lowest BCUT2D eigenvalue weighted by Crippen LogP contribution is -2.63. The van der Waals surface area contributed by atoms with E-state index in [0.717, 1.165) is 18.2 Å². The van der Waals surface area contributed by atoms with Gasteiger partial charge in [0.15, 0.2) is 11.6 Å². The normalized spacial score (nSPS) is 28.2. The van der Waals surface area contributed by atoms with Crippen molar-refractivity contribution in [2.24, 2.45) is 26.1 Å². The fourth-order valence-corrected chi connectivity index (χ4v) is 7.90. The molecule has 0 radical (unpaired) electrons. The number of phosphoric ester groups is 3. The van der Waals surface area contributed by atoms with E-state index in [0.29, 0.717) is 12.3 Å². The summed E-state index contributed by atoms with van der Waals surface area (Å²) in [5.74, 6) is -1.79. The molecular formula is C23H40N7O17P3S. The van der Waals surface area contributed by atoms with Gasteiger partial charge in [-0.05, 0) is 6.92 Å². The lowest BCUT2D eigenvalue weighted by molar-refractivity contribution is -0.142. The maximum absolute atomic E-state index is 12.8. The number of ether oxygens (including phenoxy) is 1. The lowest BCUT2D eigenvalue weighted by Gasteiger charge is -2.38. The Labute approximate surface area is 295 Å². The third-order valence-electron chi connectivity index (χ3n) is 7.46. The van der Waals surface area contributed by atoms with Crippen LogP contribution in [0.5, 0.6) is 0 Å². The number of rotatable bonds is 19. The number of nitrogens with two attached hydrogens (primary N) is 1. The number of phosphoric acid groups is 3. The minimum absolute atomic E-state index is 0.103. The highest BCUT2D eigenvalue weighted by molar-refractivity contribution is 7.80. The summed E-state index contributed by atoms with van der Waals surface area (Å²) < 4.78 is 61.0. The third kappa shape index (κ3) is 11.0. The zero-order chi connectivity index (χ0) is 38.6. The van der Waals surface area contributed by atoms with Gasteiger partial charge in [0.05, 0.1) is 19.9 Å². The number of carbonyl (C=O) groups is 3. The molecule has 0 bridgehead atoms. The summed E-state index contributed by atoms with van der Waals surface area (Å²) in [6, 6.07) is 0. The van der Waals surface area contributed by atoms with Gasteiger partial charge in [-0.25, -0.2) is 28.6 Å². The van der Waals surface area contributed by atoms with Crippen LogP contribution < -0.4 is 16.4 Å². The van der Waals surface area contributed by atoms with Gasteiger partial charge in [0.2, 0.25) is 17.5 Å². The van der Waals surface area contributed by atoms with Crippen molar-refractivity contribution in [2.45, 2.75) is 63.5 Å². The van der Waals surface area contributed by atoms with Crippen LogP contribution in [0.4, 0.5) is 0 Å². The Morgan fingerprint density at radius 1 is 1.16 bits per heavy atom. The van der Waals surface area contributed by atoms with Crippen LogP contribution in [-0.4, -0.2) is 145 Å². The Balaban J connectivity index is 1.64. The number of carbonyl (C=O) groups excluding carboxylic acids is 3. The number of fused-ring (bicyclic) bond motifs is 1. The van der Waals surface area contributed by atoms with Crippen molar-refractivity contribution < 1.29 is 80.5 Å². The van der Waals surface area contributed by atoms with E-state index in [9.17, 15) is 57.9 Å². The van der Waals surface area contributed by atoms with Crippen molar-refractivity contribution in [1.82, 2.24) is 15.5 Å². The minimum atomic E-state index is -5.61. The average molecular weight is 812 g/mol. The molecule has 3 aliphatic rings. The van der Waals surface area contributed by atoms with E-state index in [4.69, 9.17) is 19.5 Å². The number of hydrogen-bond acceptors (Lipinski definition) is 19. The van der Waals surface area contributed by atoms with Gasteiger partial charge >= 0.3 is 23.5 Å². The minimum Gasteiger partial charge on any atom is -0.386 e. The van der Waals surface area contributed by atoms with E-state index < -0.39 is 96.8 Å². The molecule has 0 aromatic rings. The number of Topliss-reactive ketones (excluding diaryl/α,β-unsaturated/α-hetero) is 1. The monoisotopic (exact) mass is 811 g/mol. The molecule has 290 valence electrons. The highest BCUT2D eigenvalue weighted by atomic mass is 32.1. The molecule has 2 amide bonds. The van der Waals surface area contributed by atoms with E-state index in [1.54, 1.807) is 0 Å². The van der Waals surface area contributed by atoms with E-state index in [1.165, 1.54) is 13.8 Å². The molecule has 0 spiro atoms. The number of nitrogens with zero attached hydrogens (tertiary/aromatic N) is 4. The molecule has 1 fully saturated rings. The number of aliphatic hydroxyl groups is 2. The highest BCUT2D eigenvalue weighted by Crippen LogP contribution is 2.61. The number of aliphatic imine (C=N–C) groups is 3. The van der Waals surface area contributed by atoms with Gasteiger partial charge in [-0.3, -0.25) is 32.9 Å². The summed E-state index contributed by atoms with van der Waals surface area (Å²) in [6.07, 6.45) is -8.51. The van der Waals surface area contributed by atoms with Crippen molar-refractivity contribution >= 4 is 71.6 Å². The Hall–Kier alpha value is -2.02. The van der Waals surface area contributed by atoms with Gasteiger partial charge in [-0.2, -0.15) is 16.9 Å². The molecule has 51 heavy (non-hydrogen) atoms. The molecule has 0 saturated carbocycles. The van der Waals surface area contributed by atoms with Crippen LogP contribution in [0, 0.1) is 5.41 Å². The summed E-state index contributed by atoms with van der Waals surface area (Å²) in [7, 11) is -16.5. The van der Waals surface area contributed by atoms with Gasteiger partial charge in [0.25, 0.3) is 0 Å². The van der Waals surface area contributed by atoms with Gasteiger partial charge in [0, 0.05) is 30.7 Å². The van der Waals surface area contributed by atoms with E-state index in [2.05, 4.69) is 47.1 Å². The molecule has 3 rings (SSSR count). The Bertz CT molecular complexity index is 1580. The van der Waals surface area contributed by atoms with Crippen LogP contribution in [-0.2, 0) is 50.7 Å². The fraction of sp³-hybridized carbons (Fsp3) is 0.739. The van der Waals surface area contributed by atoms with Crippen molar-refractivity contribution in [1.29, 1.82) is 0 Å². The molecule has 3 unspecified atom stereocenters. The predicted octanol–water partition coefficient (Wildman–Crippen LogP) is -2.86. The first-order valence-corrected chi connectivity index (χ1v) is 19.9. The highest BCUT2D eigenvalue weighted by Gasteiger charge is 2.60. The van der Waals surface area contributed by atoms with Crippen molar-refractivity contribution in [3.8, 4) is 0 Å². The number of nitrogens with one attached hydrogen (secondary N) is 2. The van der Waals surface area contributed by atoms with Gasteiger partial charge in [-0.15, -0.1) is 0 Å². The zero-order valence-corrected chi connectivity index (χ0v) is 30.8. The molecule has 3 aliphatic heterocycles. The van der Waals surface area contributed by atoms with Gasteiger partial charge in [0.1, 0.15) is 42.7 Å². The first kappa shape index (κ1) is 43.4. The molecule has 28 heteroatoms. The Kier molecular flexibility index (Phi) is 14.4. The molecule has 10 N–H and O–H groups in total. The van der Waals surface area contributed by atoms with Crippen molar-refractivity contribution in [3.05, 3.63) is 0 Å². The zero-order valence-electron chi connectivity index (χ0n) is 27.2. The predicted molar refractivity (Wildman–Crippen MR) is 176 cm³/mol. The lowest BCUT2D eigenvalue weighted by atomic mass is 9.87. The quantitative estimate of drug-likeness (QED) is 0.0463. The van der Waals surface area contributed by atoms with Crippen LogP contribution in [0.25, 0.3) is 0 Å². The summed E-state index contributed by atoms with van der Waals surface area (Å²) in [5, 5.41) is 26.3. The maximum atomic E-state index is 12.8. The Morgan fingerprint density at radius 2 is 1.80 bits per heavy atom. The second kappa shape index (κ2) is 17.0. The van der Waals surface area contributed by atoms with Crippen LogP contribution in [0.1, 0.15) is 27.2 Å². The average Bonchev–Trinajstić information content (AvgIpc) is 3.55. The van der Waals surface area contributed by atoms with E-state index >= 15 is 0 Å². The number of ketones is 1. The van der Waals surface area contributed by atoms with E-state index in [1.807, 2.05) is 0 Å². The van der Waals surface area contributed by atoms with Crippen LogP contribution in [0.15, 0.2) is 15.0 Å². The number of amides is 2. The molecule has 8 atom stereocenters. The van der Waals surface area contributed by atoms with E-state index in [-0.39, 0.29) is 30.4 Å². The summed E-state index contributed by atoms with van der Waals surface area (Å²) in [5.41, 5.74) is 2.18. The fourth-order valence-electron chi connectivity index (χ4n) is 4.96. The maximum Gasteiger partial charge on any atom is 0.481 e. The van der Waals surface area contributed by atoms with Crippen molar-refractivity contribution in [3.63, 3.8) is 0 Å². The largest absolute Gasteiger partial charge is 0.481 e. The molecule has 1 saturated heterocycles. The second-order valence-electron chi connectivity index (χ2n) is 11.8. The number of amidine groups is 1. The topological polar surface area (TPSA) is 360 Å². The molecular weight excluding hydrogens is 771 g/mol. The molecule has 3 heterocycles. The standard InChI is InChI=1S/C23H40N7O17P3S/c1-12(31)23-17(19(24)27-10-29-23)28-11-30(23)21-15(33)16(46-48(36,37)38)13(45-21)8-43-49(39,40)47-50(41,42)44-9-22(2,3)18(34)20(35)26-5-4-14(32)25-6-7-51/h10,13,15-16,18,21,33-34,51H,4-9,11H2,1-3H3,(H,25,32)(H,26,35)(H,39,40)(H,41,42)(H2,24,27,29)(H2,36,37,38)/t13-,15-,16-,18+,21-,23?/m1/s1. The molecule has 0 aliphatic carbocycles. The van der Waals surface area contributed by atoms with Crippen LogP contribution in [0.2, 0.25) is 0 Å². The molecule has 0 aromatic heterocycles. The Morgan fingerprint density at radius 3 is 2.41 bits per heavy atom. The van der Waals surface area contributed by atoms with Crippen molar-refractivity contribution in [2.75, 3.05) is 38.7 Å². The molecule has 24 nitrogen and oxygen atoms in total. The summed E-state index contributed by atoms with van der Waals surface area (Å²) in [6.45, 7) is 1.30. The summed E-state index contributed by atoms with van der Waals surface area (Å²) in [4.78, 5) is 89.1. The SMILES string of the molecule is CC(=O)C12N=CN=C(N)C1=NCN2[C@@H]1O[C@H](COP(=O)(O)OP(=O)(O)OCC(C)(C)[C@@H](O)C(=O)NCCC(=O)NCCS)[C@@H](OP(=O)(O)O)[C@H]1O. The summed E-state index contributed by atoms with van der Waals surface area (Å²) >= 11 is 3.95. The molecule has 0 aromatic carbocycles. The number of thiol groups is 1. The third-order valence-corrected chi connectivity index (χ3v) is 10.8. The van der Waals surface area contributed by atoms with Crippen LogP contribution in [0.3, 0.4) is 0 Å². The van der Waals surface area contributed by atoms with Gasteiger partial charge in [-0.1, -0.05) is 13.8 Å². The number of hydrogen-bond donors (Lipinski definition) is 10. The second-order valence-corrected chi connectivity index (χ2v) is 16.5. The first-order valence-electron chi connectivity index (χ1n) is 14.7. The van der Waals surface area contributed by atoms with Crippen LogP contribution >= 0.6 is 36.1 Å². The number of aliphatic hydroxyl groups excluding tert-OH is 2. The smallest absolute Gasteiger partial charge is 0.386 e. The first-order chi connectivity index (χ1) is 23.5. The van der Waals surface area contributed by atoms with Gasteiger partial charge < -0.3 is 50.9 Å².